The molecule has 0 unspecified atom stereocenters. The molecule has 3 rings (SSSR count). The molecule has 0 aliphatic rings. The van der Waals surface area contributed by atoms with Crippen LogP contribution in [0.2, 0.25) is 0 Å². The molecular formula is C19H15N3O5S. The minimum Gasteiger partial charge on any atom is -0.457 e. The van der Waals surface area contributed by atoms with Crippen LogP contribution in [0.1, 0.15) is 5.56 Å². The Morgan fingerprint density at radius 1 is 0.929 bits per heavy atom. The lowest BCUT2D eigenvalue weighted by Crippen LogP contribution is -2.18. The van der Waals surface area contributed by atoms with Crippen LogP contribution in [-0.2, 0) is 10.0 Å². The third kappa shape index (κ3) is 4.92. The lowest BCUT2D eigenvalue weighted by molar-refractivity contribution is -0.384. The number of hydrogen-bond donors (Lipinski definition) is 1. The second-order valence-corrected chi connectivity index (χ2v) is 7.25. The molecule has 0 heterocycles. The first kappa shape index (κ1) is 19.1. The highest BCUT2D eigenvalue weighted by Crippen LogP contribution is 2.22. The highest BCUT2D eigenvalue weighted by atomic mass is 32.2. The fourth-order valence-corrected chi connectivity index (χ4v) is 3.04. The van der Waals surface area contributed by atoms with Crippen LogP contribution in [0.5, 0.6) is 11.5 Å². The molecule has 0 saturated heterocycles. The maximum atomic E-state index is 12.3. The maximum absolute atomic E-state index is 12.3. The zero-order valence-corrected chi connectivity index (χ0v) is 15.2. The number of nitrogens with one attached hydrogen (secondary N) is 1. The van der Waals surface area contributed by atoms with Crippen LogP contribution >= 0.6 is 0 Å². The lowest BCUT2D eigenvalue weighted by atomic mass is 10.2. The van der Waals surface area contributed by atoms with Gasteiger partial charge in [0.05, 0.1) is 16.0 Å². The van der Waals surface area contributed by atoms with Crippen molar-refractivity contribution in [1.29, 1.82) is 0 Å². The summed E-state index contributed by atoms with van der Waals surface area (Å²) < 4.78 is 30.2. The molecule has 9 heteroatoms. The third-order valence-electron chi connectivity index (χ3n) is 3.58. The molecule has 0 bridgehead atoms. The molecular weight excluding hydrogens is 382 g/mol. The summed E-state index contributed by atoms with van der Waals surface area (Å²) in [4.78, 5) is 12.3. The van der Waals surface area contributed by atoms with Crippen LogP contribution in [0.4, 0.5) is 5.69 Å². The summed E-state index contributed by atoms with van der Waals surface area (Å²) in [5.41, 5.74) is 0.282. The largest absolute Gasteiger partial charge is 0.457 e. The van der Waals surface area contributed by atoms with E-state index in [2.05, 4.69) is 9.93 Å². The van der Waals surface area contributed by atoms with E-state index < -0.39 is 14.9 Å². The smallest absolute Gasteiger partial charge is 0.276 e. The average Bonchev–Trinajstić information content (AvgIpc) is 2.69. The number of nitrogens with zero attached hydrogens (tertiary/aromatic N) is 2. The fourth-order valence-electron chi connectivity index (χ4n) is 2.25. The van der Waals surface area contributed by atoms with Crippen LogP contribution in [-0.4, -0.2) is 19.6 Å². The number of rotatable bonds is 7. The lowest BCUT2D eigenvalue weighted by Gasteiger charge is -2.07. The van der Waals surface area contributed by atoms with Crippen LogP contribution in [0.3, 0.4) is 0 Å². The number of nitro groups is 1. The number of nitro benzene ring substituents is 1. The van der Waals surface area contributed by atoms with Crippen molar-refractivity contribution in [3.63, 3.8) is 0 Å². The topological polar surface area (TPSA) is 111 Å². The van der Waals surface area contributed by atoms with Gasteiger partial charge in [0.25, 0.3) is 15.7 Å². The van der Waals surface area contributed by atoms with Gasteiger partial charge in [0, 0.05) is 17.7 Å². The van der Waals surface area contributed by atoms with Gasteiger partial charge in [0.2, 0.25) is 0 Å². The highest BCUT2D eigenvalue weighted by molar-refractivity contribution is 7.89. The SMILES string of the molecule is O=[N+]([O-])c1cccc(C=NNS(=O)(=O)c2ccc(Oc3ccccc3)cc2)c1. The molecule has 0 aliphatic heterocycles. The van der Waals surface area contributed by atoms with E-state index in [9.17, 15) is 18.5 Å². The molecule has 0 aliphatic carbocycles. The Hall–Kier alpha value is -3.72. The second kappa shape index (κ2) is 8.31. The van der Waals surface area contributed by atoms with Gasteiger partial charge in [-0.1, -0.05) is 30.3 Å². The van der Waals surface area contributed by atoms with Crippen molar-refractivity contribution in [3.05, 3.63) is 94.5 Å². The summed E-state index contributed by atoms with van der Waals surface area (Å²) in [7, 11) is -3.88. The number of sulfonamides is 1. The van der Waals surface area contributed by atoms with E-state index >= 15 is 0 Å². The number of non-ortho nitro benzene ring substituents is 1. The van der Waals surface area contributed by atoms with Crippen molar-refractivity contribution >= 4 is 21.9 Å². The van der Waals surface area contributed by atoms with Crippen LogP contribution in [0.15, 0.2) is 88.9 Å². The Morgan fingerprint density at radius 2 is 1.61 bits per heavy atom. The number of ether oxygens (including phenoxy) is 1. The number of hydrazone groups is 1. The van der Waals surface area contributed by atoms with E-state index in [1.807, 2.05) is 18.2 Å². The Bertz CT molecular complexity index is 1100. The number of hydrogen-bond acceptors (Lipinski definition) is 6. The summed E-state index contributed by atoms with van der Waals surface area (Å²) in [5, 5.41) is 14.4. The summed E-state index contributed by atoms with van der Waals surface area (Å²) in [5.74, 6) is 1.13. The predicted octanol–water partition coefficient (Wildman–Crippen LogP) is 3.70. The first-order chi connectivity index (χ1) is 13.4. The molecule has 3 aromatic carbocycles. The maximum Gasteiger partial charge on any atom is 0.276 e. The molecule has 0 fully saturated rings. The monoisotopic (exact) mass is 397 g/mol. The standard InChI is InChI=1S/C19H15N3O5S/c23-22(24)16-6-4-5-15(13-16)14-20-21-28(25,26)19-11-9-18(10-12-19)27-17-7-2-1-3-8-17/h1-14,21H. The van der Waals surface area contributed by atoms with Crippen LogP contribution in [0, 0.1) is 10.1 Å². The zero-order chi connectivity index (χ0) is 20.0. The average molecular weight is 397 g/mol. The molecule has 142 valence electrons. The first-order valence-electron chi connectivity index (χ1n) is 8.06. The fraction of sp³-hybridized carbons (Fsp3) is 0. The van der Waals surface area contributed by atoms with Gasteiger partial charge < -0.3 is 4.74 Å². The molecule has 0 spiro atoms. The summed E-state index contributed by atoms with van der Waals surface area (Å²) in [6, 6.07) is 20.6. The van der Waals surface area contributed by atoms with E-state index in [4.69, 9.17) is 4.74 Å². The van der Waals surface area contributed by atoms with E-state index in [1.54, 1.807) is 18.2 Å². The van der Waals surface area contributed by atoms with Gasteiger partial charge in [0.1, 0.15) is 11.5 Å². The van der Waals surface area contributed by atoms with Gasteiger partial charge in [-0.25, -0.2) is 4.83 Å². The molecule has 3 aromatic rings. The molecule has 28 heavy (non-hydrogen) atoms. The first-order valence-corrected chi connectivity index (χ1v) is 9.55. The quantitative estimate of drug-likeness (QED) is 0.371. The van der Waals surface area contributed by atoms with Gasteiger partial charge >= 0.3 is 0 Å². The van der Waals surface area contributed by atoms with Crippen molar-refractivity contribution < 1.29 is 18.1 Å². The van der Waals surface area contributed by atoms with E-state index in [0.29, 0.717) is 17.1 Å². The van der Waals surface area contributed by atoms with E-state index in [0.717, 1.165) is 0 Å². The van der Waals surface area contributed by atoms with Crippen LogP contribution < -0.4 is 9.57 Å². The third-order valence-corrected chi connectivity index (χ3v) is 4.82. The predicted molar refractivity (Wildman–Crippen MR) is 104 cm³/mol. The van der Waals surface area contributed by atoms with Gasteiger partial charge in [-0.15, -0.1) is 0 Å². The van der Waals surface area contributed by atoms with Gasteiger partial charge in [-0.05, 0) is 36.4 Å². The molecule has 0 aromatic heterocycles. The van der Waals surface area contributed by atoms with Gasteiger partial charge in [-0.3, -0.25) is 10.1 Å². The molecule has 0 amide bonds. The molecule has 0 saturated carbocycles. The van der Waals surface area contributed by atoms with Crippen molar-refractivity contribution in [2.75, 3.05) is 0 Å². The molecule has 8 nitrogen and oxygen atoms in total. The van der Waals surface area contributed by atoms with E-state index in [-0.39, 0.29) is 10.6 Å². The Balaban J connectivity index is 1.67. The summed E-state index contributed by atoms with van der Waals surface area (Å²) >= 11 is 0. The molecule has 0 atom stereocenters. The summed E-state index contributed by atoms with van der Waals surface area (Å²) in [6.45, 7) is 0. The van der Waals surface area contributed by atoms with Crippen molar-refractivity contribution in [2.24, 2.45) is 5.10 Å². The van der Waals surface area contributed by atoms with Crippen molar-refractivity contribution in [1.82, 2.24) is 4.83 Å². The van der Waals surface area contributed by atoms with E-state index in [1.165, 1.54) is 48.7 Å². The normalized spacial score (nSPS) is 11.3. The minimum atomic E-state index is -3.88. The number of benzene rings is 3. The second-order valence-electron chi connectivity index (χ2n) is 5.59. The highest BCUT2D eigenvalue weighted by Gasteiger charge is 2.13. The van der Waals surface area contributed by atoms with Gasteiger partial charge in [-0.2, -0.15) is 13.5 Å². The van der Waals surface area contributed by atoms with Gasteiger partial charge in [0.15, 0.2) is 0 Å². The Labute approximate surface area is 161 Å². The van der Waals surface area contributed by atoms with Crippen LogP contribution in [0.25, 0.3) is 0 Å². The number of para-hydroxylation sites is 1. The Morgan fingerprint density at radius 3 is 2.29 bits per heavy atom. The Kier molecular flexibility index (Phi) is 5.66. The summed E-state index contributed by atoms with van der Waals surface area (Å²) in [6.07, 6.45) is 1.19. The van der Waals surface area contributed by atoms with Crippen molar-refractivity contribution in [3.8, 4) is 11.5 Å². The van der Waals surface area contributed by atoms with Crippen molar-refractivity contribution in [2.45, 2.75) is 4.90 Å². The molecule has 0 radical (unpaired) electrons. The zero-order valence-electron chi connectivity index (χ0n) is 14.4. The minimum absolute atomic E-state index is 0.00380. The molecule has 1 N–H and O–H groups in total.